The van der Waals surface area contributed by atoms with E-state index in [4.69, 9.17) is 18.0 Å². The molecule has 2 rings (SSSR count). The number of aromatic nitrogens is 2. The standard InChI is InChI=1S/C13H14N4S/c1-2-17(10-6-4-3-5-7-10)13-11(12(14)18)15-8-9-16-13/h3-9H,2H2,1H3,(H2,14,18). The summed E-state index contributed by atoms with van der Waals surface area (Å²) in [6, 6.07) is 9.97. The van der Waals surface area contributed by atoms with Gasteiger partial charge in [-0.3, -0.25) is 0 Å². The zero-order valence-corrected chi connectivity index (χ0v) is 10.9. The third kappa shape index (κ3) is 2.46. The van der Waals surface area contributed by atoms with E-state index in [1.54, 1.807) is 12.4 Å². The number of anilines is 2. The van der Waals surface area contributed by atoms with E-state index in [0.717, 1.165) is 12.2 Å². The van der Waals surface area contributed by atoms with Crippen molar-refractivity contribution in [2.24, 2.45) is 5.73 Å². The van der Waals surface area contributed by atoms with Gasteiger partial charge in [0.05, 0.1) is 0 Å². The molecule has 0 aliphatic carbocycles. The summed E-state index contributed by atoms with van der Waals surface area (Å²) in [6.07, 6.45) is 3.24. The molecule has 0 unspecified atom stereocenters. The monoisotopic (exact) mass is 258 g/mol. The van der Waals surface area contributed by atoms with Gasteiger partial charge >= 0.3 is 0 Å². The largest absolute Gasteiger partial charge is 0.388 e. The van der Waals surface area contributed by atoms with Crippen LogP contribution in [0.25, 0.3) is 0 Å². The molecule has 1 aromatic carbocycles. The topological polar surface area (TPSA) is 55.0 Å². The Morgan fingerprint density at radius 1 is 1.22 bits per heavy atom. The molecule has 1 heterocycles. The van der Waals surface area contributed by atoms with Crippen molar-refractivity contribution in [1.82, 2.24) is 9.97 Å². The van der Waals surface area contributed by atoms with Crippen molar-refractivity contribution in [1.29, 1.82) is 0 Å². The molecule has 0 aliphatic heterocycles. The van der Waals surface area contributed by atoms with Crippen molar-refractivity contribution in [2.75, 3.05) is 11.4 Å². The van der Waals surface area contributed by atoms with Crippen molar-refractivity contribution in [3.63, 3.8) is 0 Å². The SMILES string of the molecule is CCN(c1ccccc1)c1nccnc1C(N)=S. The molecule has 0 amide bonds. The lowest BCUT2D eigenvalue weighted by molar-refractivity contribution is 0.971. The van der Waals surface area contributed by atoms with E-state index in [0.29, 0.717) is 11.5 Å². The number of rotatable bonds is 4. The molecule has 0 saturated carbocycles. The number of hydrogen-bond acceptors (Lipinski definition) is 4. The minimum atomic E-state index is 0.257. The van der Waals surface area contributed by atoms with Crippen LogP contribution in [0.15, 0.2) is 42.7 Å². The van der Waals surface area contributed by atoms with Crippen LogP contribution in [0.1, 0.15) is 12.6 Å². The lowest BCUT2D eigenvalue weighted by Crippen LogP contribution is -2.23. The zero-order chi connectivity index (χ0) is 13.0. The summed E-state index contributed by atoms with van der Waals surface area (Å²) in [5.74, 6) is 0.693. The van der Waals surface area contributed by atoms with Crippen molar-refractivity contribution in [2.45, 2.75) is 6.92 Å². The second-order valence-electron chi connectivity index (χ2n) is 3.67. The number of para-hydroxylation sites is 1. The number of nitrogens with two attached hydrogens (primary N) is 1. The zero-order valence-electron chi connectivity index (χ0n) is 10.1. The number of hydrogen-bond donors (Lipinski definition) is 1. The summed E-state index contributed by atoms with van der Waals surface area (Å²) in [7, 11) is 0. The molecule has 5 heteroatoms. The predicted molar refractivity (Wildman–Crippen MR) is 77.0 cm³/mol. The van der Waals surface area contributed by atoms with E-state index in [9.17, 15) is 0 Å². The number of nitrogens with zero attached hydrogens (tertiary/aromatic N) is 3. The maximum atomic E-state index is 5.69. The molecule has 1 aromatic heterocycles. The van der Waals surface area contributed by atoms with Gasteiger partial charge in [-0.25, -0.2) is 9.97 Å². The minimum absolute atomic E-state index is 0.257. The molecule has 0 radical (unpaired) electrons. The average Bonchev–Trinajstić information content (AvgIpc) is 2.41. The third-order valence-corrected chi connectivity index (χ3v) is 2.75. The van der Waals surface area contributed by atoms with E-state index < -0.39 is 0 Å². The van der Waals surface area contributed by atoms with E-state index in [1.807, 2.05) is 42.2 Å². The highest BCUT2D eigenvalue weighted by atomic mass is 32.1. The molecule has 18 heavy (non-hydrogen) atoms. The Bertz CT molecular complexity index is 542. The van der Waals surface area contributed by atoms with Crippen LogP contribution >= 0.6 is 12.2 Å². The fraction of sp³-hybridized carbons (Fsp3) is 0.154. The van der Waals surface area contributed by atoms with Crippen LogP contribution in [-0.4, -0.2) is 21.5 Å². The molecule has 2 aromatic rings. The summed E-state index contributed by atoms with van der Waals surface area (Å²) in [6.45, 7) is 2.81. The van der Waals surface area contributed by atoms with Crippen LogP contribution in [0.2, 0.25) is 0 Å². The second kappa shape index (κ2) is 5.55. The van der Waals surface area contributed by atoms with Crippen LogP contribution in [0.4, 0.5) is 11.5 Å². The molecular weight excluding hydrogens is 244 g/mol. The van der Waals surface area contributed by atoms with Crippen molar-refractivity contribution < 1.29 is 0 Å². The summed E-state index contributed by atoms with van der Waals surface area (Å²) in [5.41, 5.74) is 7.28. The van der Waals surface area contributed by atoms with E-state index >= 15 is 0 Å². The molecular formula is C13H14N4S. The maximum absolute atomic E-state index is 5.69. The first-order chi connectivity index (χ1) is 8.74. The van der Waals surface area contributed by atoms with Gasteiger partial charge in [0, 0.05) is 24.6 Å². The molecule has 0 spiro atoms. The van der Waals surface area contributed by atoms with E-state index in [2.05, 4.69) is 9.97 Å². The molecule has 0 fully saturated rings. The third-order valence-electron chi connectivity index (χ3n) is 2.55. The maximum Gasteiger partial charge on any atom is 0.162 e. The van der Waals surface area contributed by atoms with Crippen LogP contribution in [-0.2, 0) is 0 Å². The van der Waals surface area contributed by atoms with Gasteiger partial charge in [0.25, 0.3) is 0 Å². The second-order valence-corrected chi connectivity index (χ2v) is 4.11. The van der Waals surface area contributed by atoms with Gasteiger partial charge in [-0.2, -0.15) is 0 Å². The molecule has 0 aliphatic rings. The molecule has 0 saturated heterocycles. The Labute approximate surface area is 111 Å². The Morgan fingerprint density at radius 2 is 1.89 bits per heavy atom. The summed E-state index contributed by atoms with van der Waals surface area (Å²) >= 11 is 5.02. The Balaban J connectivity index is 2.49. The Kier molecular flexibility index (Phi) is 3.84. The van der Waals surface area contributed by atoms with Crippen LogP contribution < -0.4 is 10.6 Å². The highest BCUT2D eigenvalue weighted by molar-refractivity contribution is 7.80. The molecule has 4 nitrogen and oxygen atoms in total. The smallest absolute Gasteiger partial charge is 0.162 e. The lowest BCUT2D eigenvalue weighted by Gasteiger charge is -2.23. The molecule has 92 valence electrons. The van der Waals surface area contributed by atoms with Gasteiger partial charge in [0.1, 0.15) is 10.7 Å². The van der Waals surface area contributed by atoms with E-state index in [-0.39, 0.29) is 4.99 Å². The first-order valence-electron chi connectivity index (χ1n) is 5.67. The van der Waals surface area contributed by atoms with Crippen LogP contribution in [0, 0.1) is 0 Å². The fourth-order valence-corrected chi connectivity index (χ4v) is 1.91. The van der Waals surface area contributed by atoms with Gasteiger partial charge in [0.15, 0.2) is 5.82 Å². The highest BCUT2D eigenvalue weighted by Gasteiger charge is 2.15. The number of benzene rings is 1. The highest BCUT2D eigenvalue weighted by Crippen LogP contribution is 2.24. The molecule has 0 atom stereocenters. The molecule has 2 N–H and O–H groups in total. The van der Waals surface area contributed by atoms with Crippen LogP contribution in [0.5, 0.6) is 0 Å². The normalized spacial score (nSPS) is 10.1. The summed E-state index contributed by atoms with van der Waals surface area (Å²) < 4.78 is 0. The van der Waals surface area contributed by atoms with E-state index in [1.165, 1.54) is 0 Å². The van der Waals surface area contributed by atoms with Crippen molar-refractivity contribution in [3.8, 4) is 0 Å². The predicted octanol–water partition coefficient (Wildman–Crippen LogP) is 2.27. The van der Waals surface area contributed by atoms with Gasteiger partial charge < -0.3 is 10.6 Å². The summed E-state index contributed by atoms with van der Waals surface area (Å²) in [4.78, 5) is 10.8. The first kappa shape index (κ1) is 12.4. The van der Waals surface area contributed by atoms with Gasteiger partial charge in [-0.05, 0) is 19.1 Å². The number of thiocarbonyl (C=S) groups is 1. The quantitative estimate of drug-likeness (QED) is 0.853. The van der Waals surface area contributed by atoms with Gasteiger partial charge in [-0.15, -0.1) is 0 Å². The van der Waals surface area contributed by atoms with Gasteiger partial charge in [0.2, 0.25) is 0 Å². The fourth-order valence-electron chi connectivity index (χ4n) is 1.76. The van der Waals surface area contributed by atoms with Gasteiger partial charge in [-0.1, -0.05) is 30.4 Å². The van der Waals surface area contributed by atoms with Crippen LogP contribution in [0.3, 0.4) is 0 Å². The summed E-state index contributed by atoms with van der Waals surface area (Å²) in [5, 5.41) is 0. The first-order valence-corrected chi connectivity index (χ1v) is 6.08. The van der Waals surface area contributed by atoms with Crippen molar-refractivity contribution >= 4 is 28.7 Å². The minimum Gasteiger partial charge on any atom is -0.388 e. The van der Waals surface area contributed by atoms with Crippen molar-refractivity contribution in [3.05, 3.63) is 48.4 Å². The molecule has 0 bridgehead atoms. The Hall–Kier alpha value is -2.01. The lowest BCUT2D eigenvalue weighted by atomic mass is 10.2. The average molecular weight is 258 g/mol. The Morgan fingerprint density at radius 3 is 2.50 bits per heavy atom.